The van der Waals surface area contributed by atoms with Crippen molar-refractivity contribution < 1.29 is 4.79 Å². The second kappa shape index (κ2) is 10.1. The fraction of sp³-hybridized carbons (Fsp3) is 0.292. The fourth-order valence-corrected chi connectivity index (χ4v) is 3.86. The van der Waals surface area contributed by atoms with Crippen LogP contribution in [0.1, 0.15) is 11.1 Å². The number of carbonyl (C=O) groups is 1. The van der Waals surface area contributed by atoms with Gasteiger partial charge in [-0.05, 0) is 29.3 Å². The molecule has 1 aliphatic heterocycles. The first-order chi connectivity index (χ1) is 16.1. The van der Waals surface area contributed by atoms with Crippen LogP contribution < -0.4 is 15.5 Å². The summed E-state index contributed by atoms with van der Waals surface area (Å²) >= 11 is 0. The standard InChI is InChI=1S/C24H26N8O/c1-30(22(33)14-26)17-18-4-2-5-19(12-18)21-15-28-24(29-16-21)32-10-8-31(9-11-32)23-20(13-25)6-3-7-27-23/h2-7,12,15-16H,8-11,14,17,26H2,1H3. The monoisotopic (exact) mass is 442 g/mol. The smallest absolute Gasteiger partial charge is 0.236 e. The molecule has 1 amide bonds. The fourth-order valence-electron chi connectivity index (χ4n) is 3.86. The van der Waals surface area contributed by atoms with E-state index in [9.17, 15) is 10.1 Å². The number of hydrogen-bond donors (Lipinski definition) is 1. The summed E-state index contributed by atoms with van der Waals surface area (Å²) in [6.07, 6.45) is 5.37. The SMILES string of the molecule is CN(Cc1cccc(-c2cnc(N3CCN(c4ncccc4C#N)CC3)nc2)c1)C(=O)CN. The number of nitriles is 1. The average molecular weight is 443 g/mol. The Hall–Kier alpha value is -4.03. The van der Waals surface area contributed by atoms with Gasteiger partial charge in [0.05, 0.1) is 12.1 Å². The van der Waals surface area contributed by atoms with E-state index in [1.165, 1.54) is 0 Å². The van der Waals surface area contributed by atoms with Crippen LogP contribution in [0.2, 0.25) is 0 Å². The number of piperazine rings is 1. The Morgan fingerprint density at radius 1 is 1.06 bits per heavy atom. The lowest BCUT2D eigenvalue weighted by Gasteiger charge is -2.35. The van der Waals surface area contributed by atoms with Crippen molar-refractivity contribution in [2.24, 2.45) is 5.73 Å². The van der Waals surface area contributed by atoms with Gasteiger partial charge in [-0.2, -0.15) is 5.26 Å². The van der Waals surface area contributed by atoms with Gasteiger partial charge in [-0.15, -0.1) is 0 Å². The molecular weight excluding hydrogens is 416 g/mol. The number of anilines is 2. The molecule has 2 N–H and O–H groups in total. The second-order valence-corrected chi connectivity index (χ2v) is 7.89. The Kier molecular flexibility index (Phi) is 6.76. The molecule has 0 saturated carbocycles. The molecule has 0 spiro atoms. The molecule has 0 radical (unpaired) electrons. The molecule has 0 aliphatic carbocycles. The van der Waals surface area contributed by atoms with Gasteiger partial charge in [-0.1, -0.05) is 18.2 Å². The molecule has 168 valence electrons. The third-order valence-electron chi connectivity index (χ3n) is 5.69. The minimum Gasteiger partial charge on any atom is -0.352 e. The number of benzene rings is 1. The number of rotatable bonds is 6. The van der Waals surface area contributed by atoms with Crippen molar-refractivity contribution in [3.8, 4) is 17.2 Å². The van der Waals surface area contributed by atoms with Crippen molar-refractivity contribution in [1.29, 1.82) is 5.26 Å². The van der Waals surface area contributed by atoms with E-state index < -0.39 is 0 Å². The summed E-state index contributed by atoms with van der Waals surface area (Å²) in [4.78, 5) is 31.2. The van der Waals surface area contributed by atoms with Gasteiger partial charge in [0.1, 0.15) is 11.9 Å². The number of nitrogens with two attached hydrogens (primary N) is 1. The van der Waals surface area contributed by atoms with Gasteiger partial charge in [-0.3, -0.25) is 4.79 Å². The second-order valence-electron chi connectivity index (χ2n) is 7.89. The number of likely N-dealkylation sites (N-methyl/N-ethyl adjacent to an activating group) is 1. The molecule has 0 atom stereocenters. The third-order valence-corrected chi connectivity index (χ3v) is 5.69. The number of carbonyl (C=O) groups excluding carboxylic acids is 1. The Labute approximate surface area is 193 Å². The van der Waals surface area contributed by atoms with Crippen molar-refractivity contribution in [2.75, 3.05) is 49.6 Å². The highest BCUT2D eigenvalue weighted by molar-refractivity contribution is 5.77. The lowest BCUT2D eigenvalue weighted by Crippen LogP contribution is -2.47. The van der Waals surface area contributed by atoms with Crippen LogP contribution in [0.4, 0.5) is 11.8 Å². The zero-order valence-electron chi connectivity index (χ0n) is 18.6. The van der Waals surface area contributed by atoms with Crippen molar-refractivity contribution in [3.63, 3.8) is 0 Å². The summed E-state index contributed by atoms with van der Waals surface area (Å²) in [5.41, 5.74) is 8.96. The van der Waals surface area contributed by atoms with E-state index in [4.69, 9.17) is 5.73 Å². The molecule has 3 heterocycles. The zero-order chi connectivity index (χ0) is 23.2. The Balaban J connectivity index is 1.41. The molecule has 9 nitrogen and oxygen atoms in total. The molecule has 1 saturated heterocycles. The summed E-state index contributed by atoms with van der Waals surface area (Å²) in [5.74, 6) is 1.32. The predicted molar refractivity (Wildman–Crippen MR) is 126 cm³/mol. The minimum atomic E-state index is -0.0971. The summed E-state index contributed by atoms with van der Waals surface area (Å²) in [6.45, 7) is 3.48. The summed E-state index contributed by atoms with van der Waals surface area (Å²) in [7, 11) is 1.74. The molecule has 1 aliphatic rings. The number of nitrogens with zero attached hydrogens (tertiary/aromatic N) is 7. The van der Waals surface area contributed by atoms with Gasteiger partial charge in [-0.25, -0.2) is 15.0 Å². The first-order valence-corrected chi connectivity index (χ1v) is 10.8. The van der Waals surface area contributed by atoms with Crippen molar-refractivity contribution in [3.05, 3.63) is 66.1 Å². The predicted octanol–water partition coefficient (Wildman–Crippen LogP) is 1.65. The highest BCUT2D eigenvalue weighted by Gasteiger charge is 2.21. The first-order valence-electron chi connectivity index (χ1n) is 10.8. The van der Waals surface area contributed by atoms with Crippen LogP contribution in [0, 0.1) is 11.3 Å². The van der Waals surface area contributed by atoms with Crippen LogP contribution in [0.25, 0.3) is 11.1 Å². The summed E-state index contributed by atoms with van der Waals surface area (Å²) in [5, 5.41) is 9.33. The number of aromatic nitrogens is 3. The molecule has 2 aromatic heterocycles. The quantitative estimate of drug-likeness (QED) is 0.613. The highest BCUT2D eigenvalue weighted by atomic mass is 16.2. The molecular formula is C24H26N8O. The van der Waals surface area contributed by atoms with Crippen LogP contribution >= 0.6 is 0 Å². The minimum absolute atomic E-state index is 0.00109. The lowest BCUT2D eigenvalue weighted by atomic mass is 10.1. The van der Waals surface area contributed by atoms with Gasteiger partial charge in [0.25, 0.3) is 0 Å². The maximum absolute atomic E-state index is 11.7. The van der Waals surface area contributed by atoms with Crippen LogP contribution in [-0.4, -0.2) is 65.5 Å². The molecule has 4 rings (SSSR count). The maximum Gasteiger partial charge on any atom is 0.236 e. The largest absolute Gasteiger partial charge is 0.352 e. The molecule has 1 fully saturated rings. The topological polar surface area (TPSA) is 115 Å². The van der Waals surface area contributed by atoms with Crippen LogP contribution in [0.3, 0.4) is 0 Å². The van der Waals surface area contributed by atoms with E-state index >= 15 is 0 Å². The van der Waals surface area contributed by atoms with Crippen LogP contribution in [-0.2, 0) is 11.3 Å². The highest BCUT2D eigenvalue weighted by Crippen LogP contribution is 2.23. The normalized spacial score (nSPS) is 13.5. The average Bonchev–Trinajstić information content (AvgIpc) is 2.88. The number of amides is 1. The zero-order valence-corrected chi connectivity index (χ0v) is 18.6. The Morgan fingerprint density at radius 2 is 1.79 bits per heavy atom. The van der Waals surface area contributed by atoms with E-state index in [1.807, 2.05) is 36.7 Å². The molecule has 3 aromatic rings. The third kappa shape index (κ3) is 5.07. The molecule has 0 unspecified atom stereocenters. The molecule has 9 heteroatoms. The van der Waals surface area contributed by atoms with E-state index in [0.29, 0.717) is 18.1 Å². The summed E-state index contributed by atoms with van der Waals surface area (Å²) in [6, 6.07) is 13.8. The first kappa shape index (κ1) is 22.2. The van der Waals surface area contributed by atoms with Gasteiger partial charge < -0.3 is 20.4 Å². The van der Waals surface area contributed by atoms with E-state index in [-0.39, 0.29) is 12.5 Å². The van der Waals surface area contributed by atoms with E-state index in [2.05, 4.69) is 30.8 Å². The van der Waals surface area contributed by atoms with Crippen LogP contribution in [0.15, 0.2) is 55.0 Å². The molecule has 33 heavy (non-hydrogen) atoms. The maximum atomic E-state index is 11.7. The van der Waals surface area contributed by atoms with E-state index in [1.54, 1.807) is 30.3 Å². The molecule has 0 bridgehead atoms. The van der Waals surface area contributed by atoms with Gasteiger partial charge in [0.2, 0.25) is 11.9 Å². The van der Waals surface area contributed by atoms with Crippen molar-refractivity contribution in [2.45, 2.75) is 6.54 Å². The lowest BCUT2D eigenvalue weighted by molar-refractivity contribution is -0.128. The van der Waals surface area contributed by atoms with Gasteiger partial charge >= 0.3 is 0 Å². The number of hydrogen-bond acceptors (Lipinski definition) is 8. The van der Waals surface area contributed by atoms with Crippen molar-refractivity contribution >= 4 is 17.7 Å². The van der Waals surface area contributed by atoms with Crippen molar-refractivity contribution in [1.82, 2.24) is 19.9 Å². The number of pyridine rings is 1. The summed E-state index contributed by atoms with van der Waals surface area (Å²) < 4.78 is 0. The van der Waals surface area contributed by atoms with Gasteiger partial charge in [0.15, 0.2) is 0 Å². The van der Waals surface area contributed by atoms with E-state index in [0.717, 1.165) is 48.7 Å². The van der Waals surface area contributed by atoms with Gasteiger partial charge in [0, 0.05) is 63.9 Å². The Bertz CT molecular complexity index is 1150. The van der Waals surface area contributed by atoms with Crippen LogP contribution in [0.5, 0.6) is 0 Å². The molecule has 1 aromatic carbocycles. The Morgan fingerprint density at radius 3 is 2.48 bits per heavy atom.